The molecule has 11 heavy (non-hydrogen) atoms. The summed E-state index contributed by atoms with van der Waals surface area (Å²) in [7, 11) is -1.35. The molecule has 0 saturated carbocycles. The Kier molecular flexibility index (Phi) is 2.62. The van der Waals surface area contributed by atoms with Crippen molar-refractivity contribution in [1.82, 2.24) is 4.90 Å². The molecule has 1 saturated heterocycles. The van der Waals surface area contributed by atoms with E-state index in [9.17, 15) is 9.00 Å². The van der Waals surface area contributed by atoms with Gasteiger partial charge in [-0.2, -0.15) is 0 Å². The van der Waals surface area contributed by atoms with Gasteiger partial charge in [-0.15, -0.1) is 0 Å². The Morgan fingerprint density at radius 2 is 2.45 bits per heavy atom. The van der Waals surface area contributed by atoms with Crippen LogP contribution in [0.4, 0.5) is 0 Å². The van der Waals surface area contributed by atoms with Crippen molar-refractivity contribution < 1.29 is 9.00 Å². The van der Waals surface area contributed by atoms with Gasteiger partial charge in [0.25, 0.3) is 0 Å². The molecule has 1 aliphatic rings. The van der Waals surface area contributed by atoms with Gasteiger partial charge in [0, 0.05) is 19.5 Å². The molecule has 2 unspecified atom stereocenters. The molecule has 0 radical (unpaired) electrons. The second-order valence-electron chi connectivity index (χ2n) is 2.59. The summed E-state index contributed by atoms with van der Waals surface area (Å²) >= 11 is 0. The molecule has 0 aliphatic carbocycles. The standard InChI is InChI=1S/C6H12N2O2S/c1-2-8-4-5(11(7)10)3-6(8)9/h5H,2-4,7H2,1H3. The van der Waals surface area contributed by atoms with Crippen molar-refractivity contribution in [3.05, 3.63) is 0 Å². The maximum atomic E-state index is 11.1. The molecule has 2 N–H and O–H groups in total. The molecule has 5 heteroatoms. The van der Waals surface area contributed by atoms with Crippen molar-refractivity contribution in [3.8, 4) is 0 Å². The first-order valence-electron chi connectivity index (χ1n) is 3.58. The number of nitrogens with two attached hydrogens (primary N) is 1. The molecule has 1 fully saturated rings. The van der Waals surface area contributed by atoms with E-state index in [1.807, 2.05) is 6.92 Å². The second-order valence-corrected chi connectivity index (χ2v) is 3.91. The Bertz CT molecular complexity index is 195. The van der Waals surface area contributed by atoms with Crippen LogP contribution < -0.4 is 5.14 Å². The van der Waals surface area contributed by atoms with Gasteiger partial charge in [0.05, 0.1) is 16.2 Å². The molecule has 1 heterocycles. The van der Waals surface area contributed by atoms with E-state index < -0.39 is 11.0 Å². The van der Waals surface area contributed by atoms with E-state index in [0.29, 0.717) is 19.5 Å². The van der Waals surface area contributed by atoms with Gasteiger partial charge in [0.1, 0.15) is 0 Å². The maximum absolute atomic E-state index is 11.1. The number of nitrogens with zero attached hydrogens (tertiary/aromatic N) is 1. The van der Waals surface area contributed by atoms with Crippen LogP contribution in [0.5, 0.6) is 0 Å². The van der Waals surface area contributed by atoms with Crippen LogP contribution >= 0.6 is 0 Å². The minimum atomic E-state index is -1.35. The van der Waals surface area contributed by atoms with Gasteiger partial charge in [-0.1, -0.05) is 0 Å². The average Bonchev–Trinajstić information content (AvgIpc) is 2.31. The van der Waals surface area contributed by atoms with Crippen LogP contribution in [0.15, 0.2) is 0 Å². The summed E-state index contributed by atoms with van der Waals surface area (Å²) in [4.78, 5) is 12.7. The molecule has 0 spiro atoms. The van der Waals surface area contributed by atoms with Crippen LogP contribution in [-0.4, -0.2) is 33.4 Å². The van der Waals surface area contributed by atoms with Gasteiger partial charge in [-0.3, -0.25) is 9.93 Å². The molecule has 1 aliphatic heterocycles. The third-order valence-electron chi connectivity index (χ3n) is 1.89. The molecular weight excluding hydrogens is 164 g/mol. The van der Waals surface area contributed by atoms with Crippen LogP contribution in [0.3, 0.4) is 0 Å². The number of hydrogen-bond donors (Lipinski definition) is 1. The molecule has 0 aromatic heterocycles. The molecule has 0 bridgehead atoms. The zero-order valence-electron chi connectivity index (χ0n) is 6.45. The van der Waals surface area contributed by atoms with Crippen LogP contribution in [0.1, 0.15) is 13.3 Å². The first kappa shape index (κ1) is 8.67. The summed E-state index contributed by atoms with van der Waals surface area (Å²) in [6.45, 7) is 3.14. The van der Waals surface area contributed by atoms with Gasteiger partial charge >= 0.3 is 0 Å². The summed E-state index contributed by atoms with van der Waals surface area (Å²) < 4.78 is 10.8. The number of carbonyl (C=O) groups is 1. The smallest absolute Gasteiger partial charge is 0.223 e. The fourth-order valence-electron chi connectivity index (χ4n) is 1.20. The largest absolute Gasteiger partial charge is 0.342 e. The highest BCUT2D eigenvalue weighted by Crippen LogP contribution is 2.13. The monoisotopic (exact) mass is 176 g/mol. The lowest BCUT2D eigenvalue weighted by Gasteiger charge is -2.11. The van der Waals surface area contributed by atoms with Crippen molar-refractivity contribution in [2.75, 3.05) is 13.1 Å². The molecule has 64 valence electrons. The van der Waals surface area contributed by atoms with Crippen LogP contribution in [0.2, 0.25) is 0 Å². The minimum absolute atomic E-state index is 0.0660. The predicted octanol–water partition coefficient (Wildman–Crippen LogP) is -0.770. The molecule has 1 rings (SSSR count). The highest BCUT2D eigenvalue weighted by molar-refractivity contribution is 7.83. The van der Waals surface area contributed by atoms with Crippen LogP contribution in [0, 0.1) is 0 Å². The maximum Gasteiger partial charge on any atom is 0.223 e. The minimum Gasteiger partial charge on any atom is -0.342 e. The first-order valence-corrected chi connectivity index (χ1v) is 4.85. The van der Waals surface area contributed by atoms with Crippen molar-refractivity contribution in [2.24, 2.45) is 5.14 Å². The summed E-state index contributed by atoms with van der Waals surface area (Å²) in [6, 6.07) is 0. The Morgan fingerprint density at radius 3 is 2.73 bits per heavy atom. The van der Waals surface area contributed by atoms with E-state index in [1.54, 1.807) is 4.90 Å². The van der Waals surface area contributed by atoms with E-state index in [4.69, 9.17) is 5.14 Å². The topological polar surface area (TPSA) is 63.4 Å². The number of carbonyl (C=O) groups excluding carboxylic acids is 1. The first-order chi connectivity index (χ1) is 5.15. The van der Waals surface area contributed by atoms with Gasteiger partial charge in [-0.05, 0) is 6.92 Å². The molecule has 4 nitrogen and oxygen atoms in total. The van der Waals surface area contributed by atoms with Gasteiger partial charge in [-0.25, -0.2) is 4.21 Å². The van der Waals surface area contributed by atoms with E-state index >= 15 is 0 Å². The number of rotatable bonds is 2. The summed E-state index contributed by atoms with van der Waals surface area (Å²) in [5.41, 5.74) is 0. The molecule has 2 atom stereocenters. The zero-order valence-corrected chi connectivity index (χ0v) is 7.26. The Hall–Kier alpha value is -0.420. The average molecular weight is 176 g/mol. The Labute approximate surface area is 68.3 Å². The summed E-state index contributed by atoms with van der Waals surface area (Å²) in [5, 5.41) is 5.02. The fraction of sp³-hybridized carbons (Fsp3) is 0.833. The predicted molar refractivity (Wildman–Crippen MR) is 43.0 cm³/mol. The van der Waals surface area contributed by atoms with E-state index in [-0.39, 0.29) is 11.2 Å². The lowest BCUT2D eigenvalue weighted by molar-refractivity contribution is -0.127. The summed E-state index contributed by atoms with van der Waals surface area (Å²) in [5.74, 6) is 0.0660. The van der Waals surface area contributed by atoms with Crippen LogP contribution in [0.25, 0.3) is 0 Å². The van der Waals surface area contributed by atoms with Gasteiger partial charge < -0.3 is 4.90 Å². The van der Waals surface area contributed by atoms with Crippen molar-refractivity contribution >= 4 is 16.9 Å². The quantitative estimate of drug-likeness (QED) is 0.600. The number of amides is 1. The van der Waals surface area contributed by atoms with Crippen molar-refractivity contribution in [3.63, 3.8) is 0 Å². The molecule has 0 aromatic carbocycles. The lowest BCUT2D eigenvalue weighted by Crippen LogP contribution is -2.28. The lowest BCUT2D eigenvalue weighted by atomic mass is 10.4. The molecule has 1 amide bonds. The fourth-order valence-corrected chi connectivity index (χ4v) is 1.83. The molecule has 0 aromatic rings. The zero-order chi connectivity index (χ0) is 8.43. The van der Waals surface area contributed by atoms with E-state index in [1.165, 1.54) is 0 Å². The van der Waals surface area contributed by atoms with Gasteiger partial charge in [0.2, 0.25) is 5.91 Å². The number of hydrogen-bond acceptors (Lipinski definition) is 2. The third-order valence-corrected chi connectivity index (χ3v) is 2.86. The van der Waals surface area contributed by atoms with Crippen molar-refractivity contribution in [2.45, 2.75) is 18.6 Å². The highest BCUT2D eigenvalue weighted by Gasteiger charge is 2.30. The SMILES string of the molecule is CCN1CC(S(N)=O)CC1=O. The van der Waals surface area contributed by atoms with Gasteiger partial charge in [0.15, 0.2) is 0 Å². The summed E-state index contributed by atoms with van der Waals surface area (Å²) in [6.07, 6.45) is 0.344. The Balaban J connectivity index is 2.56. The number of likely N-dealkylation sites (tertiary alicyclic amines) is 1. The normalized spacial score (nSPS) is 27.6. The highest BCUT2D eigenvalue weighted by atomic mass is 32.2. The van der Waals surface area contributed by atoms with E-state index in [0.717, 1.165) is 0 Å². The van der Waals surface area contributed by atoms with E-state index in [2.05, 4.69) is 0 Å². The van der Waals surface area contributed by atoms with Crippen molar-refractivity contribution in [1.29, 1.82) is 0 Å². The molecular formula is C6H12N2O2S. The van der Waals surface area contributed by atoms with Crippen LogP contribution in [-0.2, 0) is 15.8 Å². The second kappa shape index (κ2) is 3.32. The third kappa shape index (κ3) is 1.78. The Morgan fingerprint density at radius 1 is 1.82 bits per heavy atom.